The zero-order valence-electron chi connectivity index (χ0n) is 13.2. The fourth-order valence-electron chi connectivity index (χ4n) is 2.23. The Morgan fingerprint density at radius 3 is 2.67 bits per heavy atom. The molecule has 0 unspecified atom stereocenters. The van der Waals surface area contributed by atoms with Crippen LogP contribution in [0.5, 0.6) is 0 Å². The maximum Gasteiger partial charge on any atom is 0.244 e. The van der Waals surface area contributed by atoms with Crippen LogP contribution in [-0.4, -0.2) is 27.2 Å². The molecule has 2 heterocycles. The van der Waals surface area contributed by atoms with E-state index in [1.165, 1.54) is 6.08 Å². The van der Waals surface area contributed by atoms with Crippen LogP contribution in [0.15, 0.2) is 73.1 Å². The van der Waals surface area contributed by atoms with Crippen molar-refractivity contribution in [1.82, 2.24) is 20.1 Å². The standard InChI is InChI=1S/C19H18N4O/c24-19(10-9-16-6-2-1-3-7-16)21-13-15-23-14-11-18(22-23)17-8-4-5-12-20-17/h1-12,14H,13,15H2,(H,21,24)/b10-9+. The first-order valence-electron chi connectivity index (χ1n) is 7.77. The molecule has 0 radical (unpaired) electrons. The molecule has 0 atom stereocenters. The molecule has 120 valence electrons. The third-order valence-corrected chi connectivity index (χ3v) is 3.43. The minimum Gasteiger partial charge on any atom is -0.351 e. The van der Waals surface area contributed by atoms with Crippen molar-refractivity contribution in [1.29, 1.82) is 0 Å². The average molecular weight is 318 g/mol. The second-order valence-electron chi connectivity index (χ2n) is 5.21. The molecule has 3 aromatic rings. The maximum atomic E-state index is 11.8. The summed E-state index contributed by atoms with van der Waals surface area (Å²) in [7, 11) is 0. The quantitative estimate of drug-likeness (QED) is 0.711. The summed E-state index contributed by atoms with van der Waals surface area (Å²) in [4.78, 5) is 16.1. The van der Waals surface area contributed by atoms with Gasteiger partial charge in [-0.05, 0) is 29.8 Å². The first-order chi connectivity index (χ1) is 11.8. The highest BCUT2D eigenvalue weighted by Gasteiger charge is 2.03. The molecule has 1 amide bonds. The molecule has 0 aliphatic carbocycles. The molecule has 0 aliphatic heterocycles. The molecule has 1 aromatic carbocycles. The molecule has 5 heteroatoms. The molecule has 0 fully saturated rings. The van der Waals surface area contributed by atoms with Crippen LogP contribution in [0.1, 0.15) is 5.56 Å². The largest absolute Gasteiger partial charge is 0.351 e. The van der Waals surface area contributed by atoms with Crippen LogP contribution in [0.2, 0.25) is 0 Å². The second kappa shape index (κ2) is 7.87. The molecule has 0 spiro atoms. The van der Waals surface area contributed by atoms with E-state index < -0.39 is 0 Å². The Kier molecular flexibility index (Phi) is 5.14. The lowest BCUT2D eigenvalue weighted by Crippen LogP contribution is -2.25. The van der Waals surface area contributed by atoms with Crippen LogP contribution in [0.4, 0.5) is 0 Å². The van der Waals surface area contributed by atoms with Gasteiger partial charge in [0.1, 0.15) is 5.69 Å². The molecule has 0 aliphatic rings. The Hall–Kier alpha value is -3.21. The molecule has 5 nitrogen and oxygen atoms in total. The van der Waals surface area contributed by atoms with Crippen LogP contribution in [0.3, 0.4) is 0 Å². The SMILES string of the molecule is O=C(/C=C/c1ccccc1)NCCn1ccc(-c2ccccn2)n1. The zero-order valence-corrected chi connectivity index (χ0v) is 13.2. The lowest BCUT2D eigenvalue weighted by molar-refractivity contribution is -0.116. The first kappa shape index (κ1) is 15.7. The summed E-state index contributed by atoms with van der Waals surface area (Å²) < 4.78 is 1.80. The van der Waals surface area contributed by atoms with Gasteiger partial charge in [-0.3, -0.25) is 14.5 Å². The van der Waals surface area contributed by atoms with Gasteiger partial charge in [-0.1, -0.05) is 36.4 Å². The van der Waals surface area contributed by atoms with Crippen molar-refractivity contribution in [3.63, 3.8) is 0 Å². The second-order valence-corrected chi connectivity index (χ2v) is 5.21. The molecular weight excluding hydrogens is 300 g/mol. The number of nitrogens with zero attached hydrogens (tertiary/aromatic N) is 3. The normalized spacial score (nSPS) is 10.8. The third kappa shape index (κ3) is 4.39. The summed E-state index contributed by atoms with van der Waals surface area (Å²) in [6.07, 6.45) is 6.96. The molecule has 0 bridgehead atoms. The van der Waals surface area contributed by atoms with E-state index in [-0.39, 0.29) is 5.91 Å². The Balaban J connectivity index is 1.47. The van der Waals surface area contributed by atoms with Gasteiger partial charge in [-0.15, -0.1) is 0 Å². The van der Waals surface area contributed by atoms with Crippen molar-refractivity contribution < 1.29 is 4.79 Å². The van der Waals surface area contributed by atoms with Crippen molar-refractivity contribution in [3.05, 3.63) is 78.6 Å². The van der Waals surface area contributed by atoms with Gasteiger partial charge in [0.2, 0.25) is 5.91 Å². The maximum absolute atomic E-state index is 11.8. The number of nitrogens with one attached hydrogen (secondary N) is 1. The van der Waals surface area contributed by atoms with Crippen molar-refractivity contribution in [2.45, 2.75) is 6.54 Å². The number of pyridine rings is 1. The Morgan fingerprint density at radius 1 is 1.04 bits per heavy atom. The van der Waals surface area contributed by atoms with Crippen molar-refractivity contribution >= 4 is 12.0 Å². The summed E-state index contributed by atoms with van der Waals surface area (Å²) in [6, 6.07) is 17.4. The molecule has 0 saturated carbocycles. The molecule has 0 saturated heterocycles. The van der Waals surface area contributed by atoms with Crippen LogP contribution in [0, 0.1) is 0 Å². The number of hydrogen-bond donors (Lipinski definition) is 1. The molecule has 3 rings (SSSR count). The summed E-state index contributed by atoms with van der Waals surface area (Å²) in [5, 5.41) is 7.30. The van der Waals surface area contributed by atoms with Gasteiger partial charge in [0.15, 0.2) is 0 Å². The predicted octanol–water partition coefficient (Wildman–Crippen LogP) is 2.77. The number of hydrogen-bond acceptors (Lipinski definition) is 3. The lowest BCUT2D eigenvalue weighted by atomic mass is 10.2. The Labute approximate surface area is 140 Å². The number of rotatable bonds is 6. The zero-order chi connectivity index (χ0) is 16.6. The lowest BCUT2D eigenvalue weighted by Gasteiger charge is -2.03. The van der Waals surface area contributed by atoms with Crippen molar-refractivity contribution in [3.8, 4) is 11.4 Å². The van der Waals surface area contributed by atoms with Gasteiger partial charge in [0, 0.05) is 25.0 Å². The van der Waals surface area contributed by atoms with Crippen LogP contribution in [-0.2, 0) is 11.3 Å². The fourth-order valence-corrected chi connectivity index (χ4v) is 2.23. The van der Waals surface area contributed by atoms with Gasteiger partial charge >= 0.3 is 0 Å². The van der Waals surface area contributed by atoms with Crippen molar-refractivity contribution in [2.24, 2.45) is 0 Å². The highest BCUT2D eigenvalue weighted by Crippen LogP contribution is 2.12. The number of benzene rings is 1. The smallest absolute Gasteiger partial charge is 0.244 e. The Morgan fingerprint density at radius 2 is 1.88 bits per heavy atom. The highest BCUT2D eigenvalue weighted by atomic mass is 16.1. The van der Waals surface area contributed by atoms with E-state index in [4.69, 9.17) is 0 Å². The summed E-state index contributed by atoms with van der Waals surface area (Å²) in [5.74, 6) is -0.115. The van der Waals surface area contributed by atoms with Crippen LogP contribution < -0.4 is 5.32 Å². The summed E-state index contributed by atoms with van der Waals surface area (Å²) in [6.45, 7) is 1.12. The highest BCUT2D eigenvalue weighted by molar-refractivity contribution is 5.91. The van der Waals surface area contributed by atoms with E-state index in [1.54, 1.807) is 17.0 Å². The van der Waals surface area contributed by atoms with Gasteiger partial charge in [0.05, 0.1) is 12.2 Å². The molecular formula is C19H18N4O. The predicted molar refractivity (Wildman–Crippen MR) is 93.9 cm³/mol. The van der Waals surface area contributed by atoms with Gasteiger partial charge in [0.25, 0.3) is 0 Å². The molecule has 1 N–H and O–H groups in total. The fraction of sp³-hybridized carbons (Fsp3) is 0.105. The van der Waals surface area contributed by atoms with E-state index in [9.17, 15) is 4.79 Å². The van der Waals surface area contributed by atoms with E-state index in [0.717, 1.165) is 17.0 Å². The van der Waals surface area contributed by atoms with E-state index in [1.807, 2.05) is 60.8 Å². The van der Waals surface area contributed by atoms with Crippen LogP contribution in [0.25, 0.3) is 17.5 Å². The van der Waals surface area contributed by atoms with Gasteiger partial charge in [-0.25, -0.2) is 0 Å². The Bertz CT molecular complexity index is 810. The summed E-state index contributed by atoms with van der Waals surface area (Å²) >= 11 is 0. The summed E-state index contributed by atoms with van der Waals surface area (Å²) in [5.41, 5.74) is 2.66. The van der Waals surface area contributed by atoms with Gasteiger partial charge < -0.3 is 5.32 Å². The minimum absolute atomic E-state index is 0.115. The van der Waals surface area contributed by atoms with Gasteiger partial charge in [-0.2, -0.15) is 5.10 Å². The number of amides is 1. The van der Waals surface area contributed by atoms with E-state index in [2.05, 4.69) is 15.4 Å². The number of aromatic nitrogens is 3. The topological polar surface area (TPSA) is 59.8 Å². The third-order valence-electron chi connectivity index (χ3n) is 3.43. The monoisotopic (exact) mass is 318 g/mol. The van der Waals surface area contributed by atoms with Crippen molar-refractivity contribution in [2.75, 3.05) is 6.54 Å². The number of carbonyl (C=O) groups is 1. The minimum atomic E-state index is -0.115. The van der Waals surface area contributed by atoms with E-state index >= 15 is 0 Å². The first-order valence-corrected chi connectivity index (χ1v) is 7.77. The van der Waals surface area contributed by atoms with E-state index in [0.29, 0.717) is 13.1 Å². The van der Waals surface area contributed by atoms with Crippen LogP contribution >= 0.6 is 0 Å². The average Bonchev–Trinajstić information content (AvgIpc) is 3.11. The molecule has 24 heavy (non-hydrogen) atoms. The number of carbonyl (C=O) groups excluding carboxylic acids is 1. The molecule has 2 aromatic heterocycles.